The van der Waals surface area contributed by atoms with Crippen molar-refractivity contribution in [2.75, 3.05) is 12.3 Å². The molecule has 0 aromatic heterocycles. The zero-order chi connectivity index (χ0) is 24.1. The topological polar surface area (TPSA) is 58.6 Å². The van der Waals surface area contributed by atoms with Crippen LogP contribution in [-0.2, 0) is 22.4 Å². The van der Waals surface area contributed by atoms with E-state index >= 15 is 0 Å². The third-order valence-electron chi connectivity index (χ3n) is 5.31. The van der Waals surface area contributed by atoms with Crippen LogP contribution in [0.25, 0.3) is 11.1 Å². The highest BCUT2D eigenvalue weighted by atomic mass is 32.2. The van der Waals surface area contributed by atoms with Gasteiger partial charge in [-0.2, -0.15) is 13.2 Å². The molecule has 0 saturated carbocycles. The van der Waals surface area contributed by atoms with E-state index in [-0.39, 0.29) is 12.5 Å². The molecule has 3 aromatic carbocycles. The standard InChI is InChI=1S/C25H21F3N2O3S/c26-25(27,28)19-12-10-18(11-13-19)20-8-4-5-9-21(20)23(32)30-14-15-34-24(30)22(31)29-33-16-17-6-2-1-3-7-17/h1-13,24H,14-16H2,(H,29,31)/t24-/m0/s1. The Hall–Kier alpha value is -3.30. The maximum Gasteiger partial charge on any atom is 0.416 e. The summed E-state index contributed by atoms with van der Waals surface area (Å²) in [7, 11) is 0. The smallest absolute Gasteiger partial charge is 0.317 e. The van der Waals surface area contributed by atoms with Crippen LogP contribution in [0.5, 0.6) is 0 Å². The Morgan fingerprint density at radius 3 is 2.35 bits per heavy atom. The summed E-state index contributed by atoms with van der Waals surface area (Å²) >= 11 is 1.32. The minimum Gasteiger partial charge on any atom is -0.317 e. The number of halogens is 3. The number of hydroxylamine groups is 1. The van der Waals surface area contributed by atoms with E-state index in [4.69, 9.17) is 4.84 Å². The SMILES string of the molecule is O=C(NOCc1ccccc1)[C@@H]1SCCN1C(=O)c1ccccc1-c1ccc(C(F)(F)F)cc1. The van der Waals surface area contributed by atoms with Gasteiger partial charge < -0.3 is 4.90 Å². The summed E-state index contributed by atoms with van der Waals surface area (Å²) in [6.45, 7) is 0.552. The Kier molecular flexibility index (Phi) is 7.23. The van der Waals surface area contributed by atoms with Crippen LogP contribution in [0.3, 0.4) is 0 Å². The molecular formula is C25H21F3N2O3S. The lowest BCUT2D eigenvalue weighted by atomic mass is 9.97. The molecule has 1 heterocycles. The molecule has 0 spiro atoms. The number of carbonyl (C=O) groups excluding carboxylic acids is 2. The summed E-state index contributed by atoms with van der Waals surface area (Å²) in [4.78, 5) is 32.9. The summed E-state index contributed by atoms with van der Waals surface area (Å²) in [5, 5.41) is -0.774. The van der Waals surface area contributed by atoms with Crippen LogP contribution < -0.4 is 5.48 Å². The molecule has 9 heteroatoms. The average molecular weight is 487 g/mol. The van der Waals surface area contributed by atoms with Crippen molar-refractivity contribution in [3.8, 4) is 11.1 Å². The number of hydrogen-bond donors (Lipinski definition) is 1. The van der Waals surface area contributed by atoms with E-state index in [1.807, 2.05) is 30.3 Å². The van der Waals surface area contributed by atoms with Gasteiger partial charge in [0.15, 0.2) is 5.37 Å². The zero-order valence-corrected chi connectivity index (χ0v) is 18.7. The molecule has 176 valence electrons. The van der Waals surface area contributed by atoms with Crippen molar-refractivity contribution in [2.45, 2.75) is 18.2 Å². The largest absolute Gasteiger partial charge is 0.416 e. The predicted octanol–water partition coefficient (Wildman–Crippen LogP) is 5.14. The summed E-state index contributed by atoms with van der Waals surface area (Å²) in [6.07, 6.45) is -4.44. The van der Waals surface area contributed by atoms with Crippen LogP contribution in [0.15, 0.2) is 78.9 Å². The van der Waals surface area contributed by atoms with Crippen LogP contribution in [0.2, 0.25) is 0 Å². The molecule has 1 fully saturated rings. The first-order valence-corrected chi connectivity index (χ1v) is 11.5. The van der Waals surface area contributed by atoms with Crippen molar-refractivity contribution in [2.24, 2.45) is 0 Å². The van der Waals surface area contributed by atoms with Gasteiger partial charge in [0.25, 0.3) is 11.8 Å². The van der Waals surface area contributed by atoms with Gasteiger partial charge in [0.2, 0.25) is 0 Å². The first-order valence-electron chi connectivity index (χ1n) is 10.5. The Morgan fingerprint density at radius 1 is 0.971 bits per heavy atom. The normalized spacial score (nSPS) is 15.9. The molecule has 0 bridgehead atoms. The van der Waals surface area contributed by atoms with Crippen molar-refractivity contribution in [1.29, 1.82) is 0 Å². The second kappa shape index (κ2) is 10.3. The highest BCUT2D eigenvalue weighted by Gasteiger charge is 2.36. The quantitative estimate of drug-likeness (QED) is 0.491. The van der Waals surface area contributed by atoms with Gasteiger partial charge in [0, 0.05) is 17.9 Å². The van der Waals surface area contributed by atoms with Gasteiger partial charge in [-0.05, 0) is 34.9 Å². The molecule has 0 aliphatic carbocycles. The lowest BCUT2D eigenvalue weighted by molar-refractivity contribution is -0.137. The Balaban J connectivity index is 1.48. The average Bonchev–Trinajstić information content (AvgIpc) is 3.34. The number of carbonyl (C=O) groups is 2. The van der Waals surface area contributed by atoms with E-state index in [2.05, 4.69) is 5.48 Å². The monoisotopic (exact) mass is 486 g/mol. The van der Waals surface area contributed by atoms with Crippen LogP contribution in [0.4, 0.5) is 13.2 Å². The fourth-order valence-corrected chi connectivity index (χ4v) is 4.73. The van der Waals surface area contributed by atoms with Crippen LogP contribution in [0, 0.1) is 0 Å². The predicted molar refractivity (Wildman–Crippen MR) is 124 cm³/mol. The van der Waals surface area contributed by atoms with E-state index in [1.54, 1.807) is 24.3 Å². The lowest BCUT2D eigenvalue weighted by Gasteiger charge is -2.24. The van der Waals surface area contributed by atoms with E-state index in [0.29, 0.717) is 29.0 Å². The summed E-state index contributed by atoms with van der Waals surface area (Å²) < 4.78 is 38.8. The third kappa shape index (κ3) is 5.43. The highest BCUT2D eigenvalue weighted by molar-refractivity contribution is 8.00. The molecular weight excluding hydrogens is 465 g/mol. The van der Waals surface area contributed by atoms with Crippen LogP contribution in [-0.4, -0.2) is 34.4 Å². The molecule has 5 nitrogen and oxygen atoms in total. The van der Waals surface area contributed by atoms with Gasteiger partial charge in [-0.15, -0.1) is 11.8 Å². The summed E-state index contributed by atoms with van der Waals surface area (Å²) in [5.74, 6) is -0.243. The number of amides is 2. The molecule has 1 atom stereocenters. The second-order valence-corrected chi connectivity index (χ2v) is 8.77. The van der Waals surface area contributed by atoms with Crippen molar-refractivity contribution >= 4 is 23.6 Å². The van der Waals surface area contributed by atoms with Crippen LogP contribution >= 0.6 is 11.8 Å². The van der Waals surface area contributed by atoms with Gasteiger partial charge in [-0.1, -0.05) is 60.7 Å². The lowest BCUT2D eigenvalue weighted by Crippen LogP contribution is -2.44. The van der Waals surface area contributed by atoms with Gasteiger partial charge in [-0.3, -0.25) is 14.4 Å². The van der Waals surface area contributed by atoms with Crippen molar-refractivity contribution in [1.82, 2.24) is 10.4 Å². The van der Waals surface area contributed by atoms with Gasteiger partial charge in [0.05, 0.1) is 12.2 Å². The second-order valence-electron chi connectivity index (χ2n) is 7.58. The molecule has 2 amide bonds. The number of nitrogens with one attached hydrogen (secondary N) is 1. The molecule has 0 radical (unpaired) electrons. The summed E-state index contributed by atoms with van der Waals surface area (Å²) in [6, 6.07) is 20.7. The number of nitrogens with zero attached hydrogens (tertiary/aromatic N) is 1. The molecule has 0 unspecified atom stereocenters. The first-order chi connectivity index (χ1) is 16.3. The van der Waals surface area contributed by atoms with E-state index in [1.165, 1.54) is 28.8 Å². The van der Waals surface area contributed by atoms with E-state index in [0.717, 1.165) is 17.7 Å². The molecule has 4 rings (SSSR count). The third-order valence-corrected chi connectivity index (χ3v) is 6.51. The fourth-order valence-electron chi connectivity index (χ4n) is 3.63. The molecule has 1 aliphatic heterocycles. The van der Waals surface area contributed by atoms with Gasteiger partial charge in [-0.25, -0.2) is 5.48 Å². The summed E-state index contributed by atoms with van der Waals surface area (Å²) in [5.41, 5.74) is 3.84. The van der Waals surface area contributed by atoms with E-state index in [9.17, 15) is 22.8 Å². The molecule has 3 aromatic rings. The maximum atomic E-state index is 13.4. The molecule has 1 saturated heterocycles. The van der Waals surface area contributed by atoms with Crippen molar-refractivity contribution < 1.29 is 27.6 Å². The molecule has 1 N–H and O–H groups in total. The number of alkyl halides is 3. The first kappa shape index (κ1) is 23.8. The maximum absolute atomic E-state index is 13.4. The number of benzene rings is 3. The highest BCUT2D eigenvalue weighted by Crippen LogP contribution is 2.33. The molecule has 1 aliphatic rings. The van der Waals surface area contributed by atoms with Crippen molar-refractivity contribution in [3.05, 3.63) is 95.6 Å². The number of thioether (sulfide) groups is 1. The number of hydrogen-bond acceptors (Lipinski definition) is 4. The van der Waals surface area contributed by atoms with Crippen molar-refractivity contribution in [3.63, 3.8) is 0 Å². The minimum atomic E-state index is -4.44. The number of rotatable bonds is 6. The van der Waals surface area contributed by atoms with Gasteiger partial charge >= 0.3 is 6.18 Å². The Labute approximate surface area is 198 Å². The van der Waals surface area contributed by atoms with Crippen LogP contribution in [0.1, 0.15) is 21.5 Å². The van der Waals surface area contributed by atoms with Gasteiger partial charge in [0.1, 0.15) is 0 Å². The Bertz CT molecular complexity index is 1150. The zero-order valence-electron chi connectivity index (χ0n) is 17.9. The Morgan fingerprint density at radius 2 is 1.65 bits per heavy atom. The molecule has 34 heavy (non-hydrogen) atoms. The fraction of sp³-hybridized carbons (Fsp3) is 0.200. The van der Waals surface area contributed by atoms with E-state index < -0.39 is 23.0 Å². The minimum absolute atomic E-state index is 0.189.